The van der Waals surface area contributed by atoms with E-state index < -0.39 is 0 Å². The summed E-state index contributed by atoms with van der Waals surface area (Å²) in [5, 5.41) is 0.706. The summed E-state index contributed by atoms with van der Waals surface area (Å²) in [6.45, 7) is 0.956. The Balaban J connectivity index is 2.09. The summed E-state index contributed by atoms with van der Waals surface area (Å²) < 4.78 is 13.7. The van der Waals surface area contributed by atoms with Crippen molar-refractivity contribution in [3.05, 3.63) is 64.4 Å². The molecule has 0 fully saturated rings. The quantitative estimate of drug-likeness (QED) is 0.637. The van der Waals surface area contributed by atoms with Crippen LogP contribution >= 0.6 is 23.4 Å². The molecular weight excluding hydrogens is 317 g/mol. The predicted octanol–water partition coefficient (Wildman–Crippen LogP) is 5.33. The van der Waals surface area contributed by atoms with Crippen molar-refractivity contribution in [2.24, 2.45) is 0 Å². The summed E-state index contributed by atoms with van der Waals surface area (Å²) in [5.74, 6) is -0.205. The number of rotatable bonds is 3. The molecule has 1 aliphatic heterocycles. The monoisotopic (exact) mass is 333 g/mol. The van der Waals surface area contributed by atoms with Crippen LogP contribution in [0.2, 0.25) is 5.02 Å². The lowest BCUT2D eigenvalue weighted by Crippen LogP contribution is -2.12. The van der Waals surface area contributed by atoms with E-state index in [0.717, 1.165) is 34.6 Å². The van der Waals surface area contributed by atoms with Gasteiger partial charge in [0.05, 0.1) is 0 Å². The van der Waals surface area contributed by atoms with Crippen LogP contribution in [0.1, 0.15) is 17.5 Å². The fraction of sp³-hybridized carbons (Fsp3) is 0.222. The van der Waals surface area contributed by atoms with Gasteiger partial charge in [-0.1, -0.05) is 29.4 Å². The third kappa shape index (κ3) is 3.22. The minimum absolute atomic E-state index is 0.205. The van der Waals surface area contributed by atoms with Crippen molar-refractivity contribution in [1.29, 1.82) is 0 Å². The maximum Gasteiger partial charge on any atom is 0.123 e. The number of fused-ring (bicyclic) bond motifs is 2. The zero-order chi connectivity index (χ0) is 15.7. The Hall–Kier alpha value is -1.29. The number of nitrogens with zero attached hydrogens (tertiary/aromatic N) is 1. The third-order valence-electron chi connectivity index (χ3n) is 3.61. The van der Waals surface area contributed by atoms with E-state index in [1.807, 2.05) is 38.4 Å². The van der Waals surface area contributed by atoms with Gasteiger partial charge in [0.15, 0.2) is 0 Å². The average molecular weight is 334 g/mol. The van der Waals surface area contributed by atoms with Gasteiger partial charge in [-0.05, 0) is 73.6 Å². The van der Waals surface area contributed by atoms with Crippen LogP contribution in [0.5, 0.6) is 0 Å². The lowest BCUT2D eigenvalue weighted by molar-refractivity contribution is 0.417. The van der Waals surface area contributed by atoms with Crippen molar-refractivity contribution in [2.75, 3.05) is 20.6 Å². The lowest BCUT2D eigenvalue weighted by atomic mass is 9.96. The van der Waals surface area contributed by atoms with Gasteiger partial charge in [-0.2, -0.15) is 0 Å². The van der Waals surface area contributed by atoms with Crippen molar-refractivity contribution in [3.63, 3.8) is 0 Å². The molecule has 0 amide bonds. The second kappa shape index (κ2) is 6.45. The Morgan fingerprint density at radius 3 is 2.50 bits per heavy atom. The lowest BCUT2D eigenvalue weighted by Gasteiger charge is -2.22. The van der Waals surface area contributed by atoms with Crippen LogP contribution in [-0.4, -0.2) is 25.5 Å². The molecule has 0 N–H and O–H groups in total. The van der Waals surface area contributed by atoms with Crippen molar-refractivity contribution in [1.82, 2.24) is 4.90 Å². The predicted molar refractivity (Wildman–Crippen MR) is 92.2 cm³/mol. The Bertz CT molecular complexity index is 686. The SMILES string of the molecule is CN(C)CCC=C1c2cc(F)ccc2Sc2ccc(Cl)cc21. The molecule has 0 bridgehead atoms. The first kappa shape index (κ1) is 15.6. The zero-order valence-corrected chi connectivity index (χ0v) is 14.1. The van der Waals surface area contributed by atoms with Crippen LogP contribution in [0.25, 0.3) is 5.57 Å². The molecule has 4 heteroatoms. The van der Waals surface area contributed by atoms with Gasteiger partial charge in [-0.3, -0.25) is 0 Å². The van der Waals surface area contributed by atoms with Crippen LogP contribution in [0.15, 0.2) is 52.3 Å². The van der Waals surface area contributed by atoms with Gasteiger partial charge in [-0.25, -0.2) is 4.39 Å². The van der Waals surface area contributed by atoms with Crippen LogP contribution < -0.4 is 0 Å². The smallest absolute Gasteiger partial charge is 0.123 e. The van der Waals surface area contributed by atoms with E-state index in [2.05, 4.69) is 11.0 Å². The van der Waals surface area contributed by atoms with E-state index in [-0.39, 0.29) is 5.82 Å². The van der Waals surface area contributed by atoms with Crippen molar-refractivity contribution >= 4 is 28.9 Å². The second-order valence-corrected chi connectivity index (χ2v) is 7.11. The number of hydrogen-bond acceptors (Lipinski definition) is 2. The molecule has 0 spiro atoms. The van der Waals surface area contributed by atoms with Gasteiger partial charge in [0.25, 0.3) is 0 Å². The summed E-state index contributed by atoms with van der Waals surface area (Å²) in [6.07, 6.45) is 3.10. The van der Waals surface area contributed by atoms with E-state index in [1.165, 1.54) is 11.0 Å². The molecule has 0 atom stereocenters. The normalized spacial score (nSPS) is 15.0. The standard InChI is InChI=1S/C18H17ClFNS/c1-21(2)9-3-4-14-15-10-12(19)5-7-17(15)22-18-8-6-13(20)11-16(14)18/h4-8,10-11H,3,9H2,1-2H3. The molecule has 2 aromatic rings. The molecule has 22 heavy (non-hydrogen) atoms. The van der Waals surface area contributed by atoms with Gasteiger partial charge in [0, 0.05) is 21.4 Å². The van der Waals surface area contributed by atoms with E-state index in [1.54, 1.807) is 17.8 Å². The first-order valence-corrected chi connectivity index (χ1v) is 8.36. The molecular formula is C18H17ClFNS. The minimum Gasteiger partial charge on any atom is -0.309 e. The molecule has 0 saturated heterocycles. The van der Waals surface area contributed by atoms with Gasteiger partial charge >= 0.3 is 0 Å². The molecule has 0 radical (unpaired) electrons. The number of benzene rings is 2. The zero-order valence-electron chi connectivity index (χ0n) is 12.6. The average Bonchev–Trinajstić information content (AvgIpc) is 2.47. The van der Waals surface area contributed by atoms with E-state index >= 15 is 0 Å². The molecule has 1 heterocycles. The Labute approximate surface area is 139 Å². The van der Waals surface area contributed by atoms with Gasteiger partial charge in [-0.15, -0.1) is 0 Å². The highest BCUT2D eigenvalue weighted by molar-refractivity contribution is 7.99. The summed E-state index contributed by atoms with van der Waals surface area (Å²) >= 11 is 7.83. The maximum absolute atomic E-state index is 13.7. The topological polar surface area (TPSA) is 3.24 Å². The summed E-state index contributed by atoms with van der Waals surface area (Å²) in [6, 6.07) is 10.9. The third-order valence-corrected chi connectivity index (χ3v) is 5.00. The minimum atomic E-state index is -0.205. The molecule has 2 aromatic carbocycles. The first-order chi connectivity index (χ1) is 10.5. The van der Waals surface area contributed by atoms with Crippen LogP contribution in [-0.2, 0) is 0 Å². The first-order valence-electron chi connectivity index (χ1n) is 7.17. The van der Waals surface area contributed by atoms with E-state index in [4.69, 9.17) is 11.6 Å². The second-order valence-electron chi connectivity index (χ2n) is 5.59. The van der Waals surface area contributed by atoms with Crippen LogP contribution in [0.3, 0.4) is 0 Å². The molecule has 0 aliphatic carbocycles. The molecule has 3 rings (SSSR count). The largest absolute Gasteiger partial charge is 0.309 e. The molecule has 0 unspecified atom stereocenters. The van der Waals surface area contributed by atoms with Crippen LogP contribution in [0.4, 0.5) is 4.39 Å². The molecule has 1 nitrogen and oxygen atoms in total. The van der Waals surface area contributed by atoms with Gasteiger partial charge in [0.2, 0.25) is 0 Å². The molecule has 0 saturated carbocycles. The van der Waals surface area contributed by atoms with Gasteiger partial charge < -0.3 is 4.90 Å². The summed E-state index contributed by atoms with van der Waals surface area (Å²) in [7, 11) is 4.10. The van der Waals surface area contributed by atoms with Gasteiger partial charge in [0.1, 0.15) is 5.82 Å². The molecule has 1 aliphatic rings. The highest BCUT2D eigenvalue weighted by atomic mass is 35.5. The van der Waals surface area contributed by atoms with Crippen molar-refractivity contribution in [3.8, 4) is 0 Å². The highest BCUT2D eigenvalue weighted by Crippen LogP contribution is 2.46. The fourth-order valence-corrected chi connectivity index (χ4v) is 3.79. The van der Waals surface area contributed by atoms with E-state index in [9.17, 15) is 4.39 Å². The Morgan fingerprint density at radius 1 is 1.09 bits per heavy atom. The Kier molecular flexibility index (Phi) is 4.57. The Morgan fingerprint density at radius 2 is 1.77 bits per heavy atom. The summed E-state index contributed by atoms with van der Waals surface area (Å²) in [5.41, 5.74) is 3.13. The maximum atomic E-state index is 13.7. The highest BCUT2D eigenvalue weighted by Gasteiger charge is 2.21. The number of halogens is 2. The molecule has 114 valence electrons. The van der Waals surface area contributed by atoms with Crippen molar-refractivity contribution < 1.29 is 4.39 Å². The molecule has 0 aromatic heterocycles. The van der Waals surface area contributed by atoms with Crippen molar-refractivity contribution in [2.45, 2.75) is 16.2 Å². The number of hydrogen-bond donors (Lipinski definition) is 0. The fourth-order valence-electron chi connectivity index (χ4n) is 2.55. The summed E-state index contributed by atoms with van der Waals surface area (Å²) in [4.78, 5) is 4.40. The van der Waals surface area contributed by atoms with E-state index in [0.29, 0.717) is 5.02 Å². The van der Waals surface area contributed by atoms with Crippen LogP contribution in [0, 0.1) is 5.82 Å².